The first-order valence-electron chi connectivity index (χ1n) is 4.92. The summed E-state index contributed by atoms with van der Waals surface area (Å²) in [7, 11) is 0. The van der Waals surface area contributed by atoms with Gasteiger partial charge in [-0.25, -0.2) is 0 Å². The summed E-state index contributed by atoms with van der Waals surface area (Å²) in [6.07, 6.45) is -0.0251. The molecule has 1 aliphatic carbocycles. The molecule has 1 aliphatic heterocycles. The van der Waals surface area contributed by atoms with E-state index < -0.39 is 34.2 Å². The van der Waals surface area contributed by atoms with Crippen LogP contribution in [0.25, 0.3) is 0 Å². The zero-order valence-electron chi connectivity index (χ0n) is 8.13. The van der Waals surface area contributed by atoms with Crippen molar-refractivity contribution in [2.75, 3.05) is 0 Å². The van der Waals surface area contributed by atoms with E-state index in [4.69, 9.17) is 5.11 Å². The van der Waals surface area contributed by atoms with Crippen LogP contribution < -0.4 is 0 Å². The molecule has 2 rings (SSSR count). The molecule has 0 aromatic heterocycles. The maximum absolute atomic E-state index is 13.3. The Bertz CT molecular complexity index is 321. The van der Waals surface area contributed by atoms with Gasteiger partial charge in [0.05, 0.1) is 5.92 Å². The SMILES string of the molecule is O=C(O)[C@@H]1CC[C@H]2SC(F)(F)C(F)(F)[C@H]2C1. The smallest absolute Gasteiger partial charge is 0.356 e. The van der Waals surface area contributed by atoms with Crippen LogP contribution in [-0.2, 0) is 4.79 Å². The molecule has 16 heavy (non-hydrogen) atoms. The van der Waals surface area contributed by atoms with Gasteiger partial charge in [-0.05, 0) is 19.3 Å². The molecule has 0 aromatic carbocycles. The highest BCUT2D eigenvalue weighted by molar-refractivity contribution is 8.01. The molecule has 92 valence electrons. The second-order valence-electron chi connectivity index (χ2n) is 4.25. The van der Waals surface area contributed by atoms with E-state index >= 15 is 0 Å². The van der Waals surface area contributed by atoms with E-state index in [1.54, 1.807) is 0 Å². The fraction of sp³-hybridized carbons (Fsp3) is 0.889. The molecule has 0 aromatic rings. The normalized spacial score (nSPS) is 40.4. The number of fused-ring (bicyclic) bond motifs is 1. The van der Waals surface area contributed by atoms with Gasteiger partial charge in [-0.3, -0.25) is 4.79 Å². The molecule has 0 radical (unpaired) electrons. The highest BCUT2D eigenvalue weighted by atomic mass is 32.2. The van der Waals surface area contributed by atoms with Crippen LogP contribution >= 0.6 is 11.8 Å². The molecule has 3 atom stereocenters. The number of alkyl halides is 4. The van der Waals surface area contributed by atoms with Gasteiger partial charge in [0, 0.05) is 11.2 Å². The van der Waals surface area contributed by atoms with Crippen molar-refractivity contribution >= 4 is 17.7 Å². The molecule has 7 heteroatoms. The zero-order valence-corrected chi connectivity index (χ0v) is 8.95. The summed E-state index contributed by atoms with van der Waals surface area (Å²) in [5.74, 6) is -7.69. The van der Waals surface area contributed by atoms with Gasteiger partial charge in [-0.2, -0.15) is 17.6 Å². The second-order valence-corrected chi connectivity index (χ2v) is 5.60. The average Bonchev–Trinajstić information content (AvgIpc) is 2.33. The predicted octanol–water partition coefficient (Wildman–Crippen LogP) is 2.83. The summed E-state index contributed by atoms with van der Waals surface area (Å²) in [6, 6.07) is 0. The first-order chi connectivity index (χ1) is 7.25. The quantitative estimate of drug-likeness (QED) is 0.735. The van der Waals surface area contributed by atoms with Crippen molar-refractivity contribution in [3.63, 3.8) is 0 Å². The topological polar surface area (TPSA) is 37.3 Å². The van der Waals surface area contributed by atoms with Gasteiger partial charge in [-0.15, -0.1) is 0 Å². The lowest BCUT2D eigenvalue weighted by atomic mass is 9.78. The lowest BCUT2D eigenvalue weighted by Gasteiger charge is -2.31. The molecular formula is C9H10F4O2S. The third-order valence-electron chi connectivity index (χ3n) is 3.29. The first-order valence-corrected chi connectivity index (χ1v) is 5.80. The van der Waals surface area contributed by atoms with Gasteiger partial charge < -0.3 is 5.11 Å². The Morgan fingerprint density at radius 2 is 1.88 bits per heavy atom. The minimum Gasteiger partial charge on any atom is -0.481 e. The largest absolute Gasteiger partial charge is 0.481 e. The summed E-state index contributed by atoms with van der Waals surface area (Å²) in [4.78, 5) is 10.7. The second kappa shape index (κ2) is 3.51. The van der Waals surface area contributed by atoms with Gasteiger partial charge in [-0.1, -0.05) is 11.8 Å². The van der Waals surface area contributed by atoms with Crippen LogP contribution in [0.1, 0.15) is 19.3 Å². The maximum atomic E-state index is 13.3. The lowest BCUT2D eigenvalue weighted by molar-refractivity contribution is -0.182. The van der Waals surface area contributed by atoms with E-state index in [9.17, 15) is 22.4 Å². The Morgan fingerprint density at radius 3 is 2.44 bits per heavy atom. The molecule has 2 nitrogen and oxygen atoms in total. The Balaban J connectivity index is 2.21. The predicted molar refractivity (Wildman–Crippen MR) is 49.7 cm³/mol. The summed E-state index contributed by atoms with van der Waals surface area (Å²) >= 11 is -0.00381. The first kappa shape index (κ1) is 12.0. The molecule has 1 saturated carbocycles. The van der Waals surface area contributed by atoms with Crippen molar-refractivity contribution in [3.05, 3.63) is 0 Å². The number of carbonyl (C=O) groups is 1. The van der Waals surface area contributed by atoms with Gasteiger partial charge in [0.1, 0.15) is 0 Å². The number of carboxylic acids is 1. The van der Waals surface area contributed by atoms with Crippen LogP contribution in [0.5, 0.6) is 0 Å². The van der Waals surface area contributed by atoms with Gasteiger partial charge in [0.2, 0.25) is 0 Å². The van der Waals surface area contributed by atoms with Crippen LogP contribution in [-0.4, -0.2) is 27.5 Å². The van der Waals surface area contributed by atoms with E-state index in [1.807, 2.05) is 0 Å². The van der Waals surface area contributed by atoms with Crippen LogP contribution in [0.3, 0.4) is 0 Å². The molecule has 1 saturated heterocycles. The van der Waals surface area contributed by atoms with E-state index in [1.165, 1.54) is 0 Å². The lowest BCUT2D eigenvalue weighted by Crippen LogP contribution is -2.42. The highest BCUT2D eigenvalue weighted by Gasteiger charge is 2.70. The molecule has 0 amide bonds. The van der Waals surface area contributed by atoms with Crippen LogP contribution in [0, 0.1) is 11.8 Å². The van der Waals surface area contributed by atoms with Gasteiger partial charge in [0.15, 0.2) is 0 Å². The fourth-order valence-electron chi connectivity index (χ4n) is 2.37. The van der Waals surface area contributed by atoms with E-state index in [-0.39, 0.29) is 31.0 Å². The van der Waals surface area contributed by atoms with Gasteiger partial charge in [0.25, 0.3) is 0 Å². The summed E-state index contributed by atoms with van der Waals surface area (Å²) in [5.41, 5.74) is 0. The molecule has 2 aliphatic rings. The fourth-order valence-corrected chi connectivity index (χ4v) is 3.76. The minimum atomic E-state index is -4.09. The third kappa shape index (κ3) is 1.59. The highest BCUT2D eigenvalue weighted by Crippen LogP contribution is 2.62. The number of hydrogen-bond donors (Lipinski definition) is 1. The molecule has 1 heterocycles. The summed E-state index contributed by atoms with van der Waals surface area (Å²) in [5, 5.41) is 3.84. The third-order valence-corrected chi connectivity index (χ3v) is 4.72. The average molecular weight is 258 g/mol. The monoisotopic (exact) mass is 258 g/mol. The standard InChI is InChI=1S/C9H10F4O2S/c10-8(11)5-3-4(7(14)15)1-2-6(5)16-9(8,12)13/h4-6H,1-3H2,(H,14,15)/t4-,5+,6-/m1/s1. The van der Waals surface area contributed by atoms with Crippen LogP contribution in [0.15, 0.2) is 0 Å². The van der Waals surface area contributed by atoms with Crippen molar-refractivity contribution in [2.24, 2.45) is 11.8 Å². The van der Waals surface area contributed by atoms with Crippen LogP contribution in [0.2, 0.25) is 0 Å². The van der Waals surface area contributed by atoms with Crippen LogP contribution in [0.4, 0.5) is 17.6 Å². The Labute approximate surface area is 93.4 Å². The molecular weight excluding hydrogens is 248 g/mol. The summed E-state index contributed by atoms with van der Waals surface area (Å²) < 4.78 is 52.7. The number of carboxylic acid groups (broad SMARTS) is 1. The van der Waals surface area contributed by atoms with Crippen molar-refractivity contribution in [2.45, 2.75) is 35.7 Å². The van der Waals surface area contributed by atoms with E-state index in [0.717, 1.165) is 0 Å². The van der Waals surface area contributed by atoms with Crippen molar-refractivity contribution < 1.29 is 27.5 Å². The minimum absolute atomic E-state index is 0.00381. The number of hydrogen-bond acceptors (Lipinski definition) is 2. The zero-order chi connectivity index (χ0) is 12.1. The van der Waals surface area contributed by atoms with Crippen molar-refractivity contribution in [3.8, 4) is 0 Å². The Hall–Kier alpha value is -0.460. The number of aliphatic carboxylic acids is 1. The maximum Gasteiger partial charge on any atom is 0.356 e. The molecule has 0 unspecified atom stereocenters. The van der Waals surface area contributed by atoms with E-state index in [0.29, 0.717) is 0 Å². The van der Waals surface area contributed by atoms with E-state index in [2.05, 4.69) is 0 Å². The number of rotatable bonds is 1. The Morgan fingerprint density at radius 1 is 1.25 bits per heavy atom. The molecule has 0 bridgehead atoms. The number of halogens is 4. The Kier molecular flexibility index (Phi) is 2.64. The van der Waals surface area contributed by atoms with Gasteiger partial charge >= 0.3 is 17.1 Å². The van der Waals surface area contributed by atoms with Crippen molar-refractivity contribution in [1.29, 1.82) is 0 Å². The molecule has 1 N–H and O–H groups in total. The molecule has 2 fully saturated rings. The number of thioether (sulfide) groups is 1. The summed E-state index contributed by atoms with van der Waals surface area (Å²) in [6.45, 7) is 0. The molecule has 0 spiro atoms. The van der Waals surface area contributed by atoms with Crippen molar-refractivity contribution in [1.82, 2.24) is 0 Å².